The van der Waals surface area contributed by atoms with Crippen LogP contribution < -0.4 is 26.6 Å². The highest BCUT2D eigenvalue weighted by Gasteiger charge is 2.41. The number of benzene rings is 3. The monoisotopic (exact) mass is 1150 g/mol. The lowest BCUT2D eigenvalue weighted by Gasteiger charge is -2.35. The van der Waals surface area contributed by atoms with E-state index in [9.17, 15) is 24.0 Å². The van der Waals surface area contributed by atoms with E-state index < -0.39 is 17.5 Å². The first-order chi connectivity index (χ1) is 39.2. The van der Waals surface area contributed by atoms with Gasteiger partial charge in [-0.3, -0.25) is 29.0 Å². The van der Waals surface area contributed by atoms with Crippen molar-refractivity contribution in [3.8, 4) is 0 Å². The number of pyridine rings is 1. The van der Waals surface area contributed by atoms with Crippen molar-refractivity contribution in [2.45, 2.75) is 72.5 Å². The predicted molar refractivity (Wildman–Crippen MR) is 320 cm³/mol. The minimum Gasteiger partial charge on any atom is -0.379 e. The lowest BCUT2D eigenvalue weighted by atomic mass is 9.85. The molecule has 3 heterocycles. The van der Waals surface area contributed by atoms with Crippen molar-refractivity contribution in [3.05, 3.63) is 124 Å². The van der Waals surface area contributed by atoms with Crippen LogP contribution in [-0.2, 0) is 49.3 Å². The highest BCUT2D eigenvalue weighted by molar-refractivity contribution is 8.07. The second kappa shape index (κ2) is 33.4. The van der Waals surface area contributed by atoms with E-state index >= 15 is 0 Å². The van der Waals surface area contributed by atoms with Gasteiger partial charge >= 0.3 is 0 Å². The lowest BCUT2D eigenvalue weighted by molar-refractivity contribution is -0.144. The van der Waals surface area contributed by atoms with Crippen LogP contribution in [-0.4, -0.2) is 157 Å². The van der Waals surface area contributed by atoms with Gasteiger partial charge in [0, 0.05) is 58.3 Å². The van der Waals surface area contributed by atoms with E-state index in [1.165, 1.54) is 17.5 Å². The van der Waals surface area contributed by atoms with Gasteiger partial charge in [-0.25, -0.2) is 4.98 Å². The van der Waals surface area contributed by atoms with Crippen molar-refractivity contribution in [1.82, 2.24) is 25.8 Å². The van der Waals surface area contributed by atoms with Crippen LogP contribution in [0.4, 0.5) is 17.2 Å². The molecule has 6 rings (SSSR count). The number of allylic oxidation sites excluding steroid dienone is 1. The normalized spacial score (nSPS) is 14.0. The molecule has 0 spiro atoms. The van der Waals surface area contributed by atoms with Gasteiger partial charge in [-0.1, -0.05) is 81.4 Å². The highest BCUT2D eigenvalue weighted by Crippen LogP contribution is 2.32. The van der Waals surface area contributed by atoms with E-state index in [4.69, 9.17) is 28.4 Å². The number of amides is 5. The van der Waals surface area contributed by atoms with Crippen LogP contribution in [0.2, 0.25) is 0 Å². The van der Waals surface area contributed by atoms with Gasteiger partial charge < -0.3 is 59.9 Å². The predicted octanol–water partition coefficient (Wildman–Crippen LogP) is 8.41. The summed E-state index contributed by atoms with van der Waals surface area (Å²) in [6.07, 6.45) is 4.77. The van der Waals surface area contributed by atoms with E-state index in [1.54, 1.807) is 22.7 Å². The fraction of sp³-hybridized carbons (Fsp3) is 0.450. The summed E-state index contributed by atoms with van der Waals surface area (Å²) >= 11 is 3.09. The molecule has 2 atom stereocenters. The molecule has 81 heavy (non-hydrogen) atoms. The number of nitrogens with zero attached hydrogens (tertiary/aromatic N) is 3. The summed E-state index contributed by atoms with van der Waals surface area (Å²) in [6.45, 7) is 18.3. The molecule has 19 nitrogen and oxygen atoms in total. The molecule has 5 amide bonds. The number of aromatic nitrogens is 1. The molecule has 2 aromatic heterocycles. The molecule has 21 heteroatoms. The van der Waals surface area contributed by atoms with Crippen LogP contribution in [0.25, 0.3) is 15.0 Å². The Kier molecular flexibility index (Phi) is 26.2. The third-order valence-corrected chi connectivity index (χ3v) is 15.0. The summed E-state index contributed by atoms with van der Waals surface area (Å²) in [4.78, 5) is 78.3. The number of thioether (sulfide) groups is 1. The second-order valence-corrected chi connectivity index (χ2v) is 21.8. The number of aliphatic imine (C=N–C) groups is 1. The van der Waals surface area contributed by atoms with Gasteiger partial charge in [-0.05, 0) is 80.0 Å². The first-order valence-corrected chi connectivity index (χ1v) is 29.3. The fourth-order valence-corrected chi connectivity index (χ4v) is 10.3. The number of carbonyl (C=O) groups excluding carboxylic acids is 5. The Morgan fingerprint density at radius 1 is 0.778 bits per heavy atom. The van der Waals surface area contributed by atoms with Crippen LogP contribution in [0.15, 0.2) is 101 Å². The van der Waals surface area contributed by atoms with Gasteiger partial charge in [-0.15, -0.1) is 23.1 Å². The Labute approximate surface area is 483 Å². The number of carbonyl (C=O) groups is 5. The Balaban J connectivity index is 0.755. The Morgan fingerprint density at radius 3 is 2.02 bits per heavy atom. The third kappa shape index (κ3) is 20.1. The van der Waals surface area contributed by atoms with E-state index in [0.29, 0.717) is 102 Å². The second-order valence-electron chi connectivity index (χ2n) is 20.1. The molecule has 436 valence electrons. The number of rotatable bonds is 34. The summed E-state index contributed by atoms with van der Waals surface area (Å²) in [6, 6.07) is 23.5. The third-order valence-electron chi connectivity index (χ3n) is 13.1. The average Bonchev–Trinajstić information content (AvgIpc) is 4.20. The van der Waals surface area contributed by atoms with Crippen LogP contribution >= 0.6 is 23.1 Å². The molecule has 0 aliphatic carbocycles. The molecule has 0 saturated carbocycles. The van der Waals surface area contributed by atoms with E-state index in [2.05, 4.69) is 43.3 Å². The summed E-state index contributed by atoms with van der Waals surface area (Å²) in [7, 11) is 0. The zero-order valence-electron chi connectivity index (χ0n) is 47.4. The molecule has 0 bridgehead atoms. The maximum atomic E-state index is 13.9. The number of para-hydroxylation sites is 1. The summed E-state index contributed by atoms with van der Waals surface area (Å²) in [5, 5.41) is 17.7. The molecule has 1 unspecified atom stereocenters. The number of hydrogen-bond donors (Lipinski definition) is 5. The number of ether oxygens (including phenoxy) is 6. The topological polar surface area (TPSA) is 229 Å². The number of hydrogen-bond acceptors (Lipinski definition) is 16. The van der Waals surface area contributed by atoms with Crippen LogP contribution in [0, 0.1) is 12.3 Å². The molecule has 1 fully saturated rings. The molecule has 1 aliphatic heterocycles. The van der Waals surface area contributed by atoms with Crippen LogP contribution in [0.5, 0.6) is 0 Å². The number of nitrogens with one attached hydrogen (secondary N) is 5. The number of anilines is 3. The van der Waals surface area contributed by atoms with E-state index in [0.717, 1.165) is 43.1 Å². The summed E-state index contributed by atoms with van der Waals surface area (Å²) in [5.41, 5.74) is 5.22. The minimum atomic E-state index is -0.823. The largest absolute Gasteiger partial charge is 0.379 e. The summed E-state index contributed by atoms with van der Waals surface area (Å²) < 4.78 is 34.6. The van der Waals surface area contributed by atoms with Gasteiger partial charge in [0.1, 0.15) is 12.1 Å². The first-order valence-electron chi connectivity index (χ1n) is 27.2. The van der Waals surface area contributed by atoms with E-state index in [-0.39, 0.29) is 67.9 Å². The quantitative estimate of drug-likeness (QED) is 0.0193. The van der Waals surface area contributed by atoms with Gasteiger partial charge in [0.15, 0.2) is 5.82 Å². The SMILES string of the molecule is C=N/C(C)=C(\SC)c1ccc(CNC(=O)[C@@H]2CCCN2C(=O)C(NC(=O)CCOCCOCCOCCOCCOCCOCCNC(=O)c2cnc(Nc3ccccc3C)c(NC(=O)c3csc4ccccc34)c2)C(C)(C)C)cc1. The first kappa shape index (κ1) is 63.6. The Bertz CT molecular complexity index is 2890. The molecule has 0 radical (unpaired) electrons. The van der Waals surface area contributed by atoms with Crippen molar-refractivity contribution in [2.75, 3.05) is 109 Å². The molecular weight excluding hydrogens is 1070 g/mol. The van der Waals surface area contributed by atoms with Crippen molar-refractivity contribution in [3.63, 3.8) is 0 Å². The number of aryl methyl sites for hydroxylation is 1. The molecular formula is C60H78N8O11S2. The standard InChI is InChI=1S/C60H78N8O11S2/c1-41-13-8-10-15-48(41)65-55-49(66-57(71)47-40-81-51-17-11-9-14-46(47)51)37-45(39-63-55)56(70)62-23-26-75-28-30-77-32-34-79-36-35-78-33-31-76-29-27-74-25-22-52(69)67-54(60(3,4)5)59(73)68-24-12-16-50(68)58(72)64-38-43-18-20-44(21-19-43)53(80-7)42(2)61-6/h8-11,13-15,17-21,37,39-40,50,54H,6,12,16,22-36,38H2,1-5,7H3,(H,62,70)(H,63,65)(H,64,72)(H,66,71)(H,67,69)/b53-42-/t50-,54?/m0/s1. The van der Waals surface area contributed by atoms with Crippen molar-refractivity contribution >= 4 is 91.5 Å². The van der Waals surface area contributed by atoms with Crippen molar-refractivity contribution < 1.29 is 52.4 Å². The zero-order valence-corrected chi connectivity index (χ0v) is 49.0. The van der Waals surface area contributed by atoms with Crippen LogP contribution in [0.1, 0.15) is 84.4 Å². The van der Waals surface area contributed by atoms with Crippen LogP contribution in [0.3, 0.4) is 0 Å². The number of thiophene rings is 1. The van der Waals surface area contributed by atoms with Gasteiger partial charge in [0.25, 0.3) is 11.8 Å². The summed E-state index contributed by atoms with van der Waals surface area (Å²) in [5.74, 6) is -1.06. The Hall–Kier alpha value is -6.56. The van der Waals surface area contributed by atoms with E-state index in [1.807, 2.05) is 119 Å². The molecule has 3 aromatic carbocycles. The smallest absolute Gasteiger partial charge is 0.257 e. The van der Waals surface area contributed by atoms with Crippen molar-refractivity contribution in [2.24, 2.45) is 10.4 Å². The van der Waals surface area contributed by atoms with Crippen molar-refractivity contribution in [1.29, 1.82) is 0 Å². The number of likely N-dealkylation sites (tertiary alicyclic amines) is 1. The molecule has 5 N–H and O–H groups in total. The molecule has 5 aromatic rings. The van der Waals surface area contributed by atoms with Gasteiger partial charge in [-0.2, -0.15) is 0 Å². The highest BCUT2D eigenvalue weighted by atomic mass is 32.2. The zero-order chi connectivity index (χ0) is 58.0. The Morgan fingerprint density at radius 2 is 1.40 bits per heavy atom. The molecule has 1 aliphatic rings. The fourth-order valence-electron chi connectivity index (χ4n) is 8.65. The number of fused-ring (bicyclic) bond motifs is 1. The lowest BCUT2D eigenvalue weighted by Crippen LogP contribution is -2.57. The van der Waals surface area contributed by atoms with Gasteiger partial charge in [0.2, 0.25) is 17.7 Å². The maximum absolute atomic E-state index is 13.9. The minimum absolute atomic E-state index is 0.0647. The maximum Gasteiger partial charge on any atom is 0.257 e. The molecule has 1 saturated heterocycles. The average molecular weight is 1150 g/mol. The van der Waals surface area contributed by atoms with Gasteiger partial charge in [0.05, 0.1) is 102 Å².